The van der Waals surface area contributed by atoms with Crippen LogP contribution < -0.4 is 5.19 Å². The van der Waals surface area contributed by atoms with E-state index in [1.165, 1.54) is 28.1 Å². The molecule has 132 valence electrons. The molecule has 0 heterocycles. The molecule has 0 aliphatic carbocycles. The second-order valence-electron chi connectivity index (χ2n) is 6.97. The lowest BCUT2D eigenvalue weighted by Gasteiger charge is -2.32. The third-order valence-corrected chi connectivity index (χ3v) is 9.27. The quantitative estimate of drug-likeness (QED) is 0.471. The van der Waals surface area contributed by atoms with E-state index in [-0.39, 0.29) is 5.12 Å². The standard InChI is InChI=1S/C22H28OSSi/c1-5-24-22(23)17-18(2)16-21(19-12-8-6-9-13-19)25(3,4)20-14-10-7-11-15-20/h6-16,21H,5,17H2,1-4H3/b18-16-/t21-/m1/s1. The fourth-order valence-corrected chi connectivity index (χ4v) is 7.00. The van der Waals surface area contributed by atoms with Crippen LogP contribution in [0.5, 0.6) is 0 Å². The van der Waals surface area contributed by atoms with Crippen molar-refractivity contribution in [2.45, 2.75) is 38.9 Å². The van der Waals surface area contributed by atoms with Gasteiger partial charge in [0.15, 0.2) is 5.12 Å². The molecule has 0 bridgehead atoms. The fraction of sp³-hybridized carbons (Fsp3) is 0.318. The summed E-state index contributed by atoms with van der Waals surface area (Å²) in [4.78, 5) is 12.0. The van der Waals surface area contributed by atoms with Gasteiger partial charge in [0.2, 0.25) is 0 Å². The highest BCUT2D eigenvalue weighted by Gasteiger charge is 2.33. The van der Waals surface area contributed by atoms with Gasteiger partial charge in [-0.05, 0) is 18.2 Å². The summed E-state index contributed by atoms with van der Waals surface area (Å²) in [5.41, 5.74) is 2.88. The number of benzene rings is 2. The maximum absolute atomic E-state index is 12.0. The number of allylic oxidation sites excluding steroid dienone is 2. The smallest absolute Gasteiger partial charge is 0.192 e. The average molecular weight is 369 g/mol. The van der Waals surface area contributed by atoms with E-state index in [0.29, 0.717) is 12.0 Å². The van der Waals surface area contributed by atoms with E-state index in [0.717, 1.165) is 5.75 Å². The molecular formula is C22H28OSSi. The maximum Gasteiger partial charge on any atom is 0.192 e. The summed E-state index contributed by atoms with van der Waals surface area (Å²) >= 11 is 1.42. The molecule has 0 amide bonds. The van der Waals surface area contributed by atoms with Crippen molar-refractivity contribution >= 4 is 30.1 Å². The van der Waals surface area contributed by atoms with Gasteiger partial charge < -0.3 is 0 Å². The van der Waals surface area contributed by atoms with Crippen molar-refractivity contribution < 1.29 is 4.79 Å². The number of hydrogen-bond donors (Lipinski definition) is 0. The van der Waals surface area contributed by atoms with Crippen LogP contribution in [0.1, 0.15) is 31.4 Å². The molecule has 1 nitrogen and oxygen atoms in total. The third-order valence-electron chi connectivity index (χ3n) is 4.63. The second-order valence-corrected chi connectivity index (χ2v) is 12.9. The average Bonchev–Trinajstić information content (AvgIpc) is 2.61. The van der Waals surface area contributed by atoms with E-state index in [4.69, 9.17) is 0 Å². The Morgan fingerprint density at radius 1 is 1.04 bits per heavy atom. The SMILES string of the molecule is CCSC(=O)C/C(C)=C\[C@H](c1ccccc1)[Si](C)(C)c1ccccc1. The molecule has 0 spiro atoms. The minimum absolute atomic E-state index is 0.266. The van der Waals surface area contributed by atoms with Gasteiger partial charge >= 0.3 is 0 Å². The van der Waals surface area contributed by atoms with E-state index in [9.17, 15) is 4.79 Å². The molecule has 0 saturated carbocycles. The highest BCUT2D eigenvalue weighted by molar-refractivity contribution is 8.13. The van der Waals surface area contributed by atoms with Crippen LogP contribution in [0.3, 0.4) is 0 Å². The number of thioether (sulfide) groups is 1. The monoisotopic (exact) mass is 368 g/mol. The lowest BCUT2D eigenvalue weighted by Crippen LogP contribution is -2.47. The Labute approximate surface area is 157 Å². The Morgan fingerprint density at radius 3 is 2.16 bits per heavy atom. The van der Waals surface area contributed by atoms with E-state index >= 15 is 0 Å². The first-order chi connectivity index (χ1) is 11.9. The first kappa shape index (κ1) is 19.7. The number of rotatable bonds is 7. The number of hydrogen-bond acceptors (Lipinski definition) is 2. The molecule has 0 radical (unpaired) electrons. The van der Waals surface area contributed by atoms with E-state index in [2.05, 4.69) is 86.8 Å². The summed E-state index contributed by atoms with van der Waals surface area (Å²) in [6, 6.07) is 21.6. The summed E-state index contributed by atoms with van der Waals surface area (Å²) in [5.74, 6) is 0.846. The first-order valence-corrected chi connectivity index (χ1v) is 12.9. The van der Waals surface area contributed by atoms with Crippen LogP contribution in [0, 0.1) is 0 Å². The van der Waals surface area contributed by atoms with Crippen LogP contribution in [0.15, 0.2) is 72.3 Å². The van der Waals surface area contributed by atoms with Gasteiger partial charge in [-0.3, -0.25) is 4.79 Å². The predicted molar refractivity (Wildman–Crippen MR) is 114 cm³/mol. The van der Waals surface area contributed by atoms with Gasteiger partial charge in [0.25, 0.3) is 0 Å². The van der Waals surface area contributed by atoms with Gasteiger partial charge in [-0.15, -0.1) is 0 Å². The molecule has 3 heteroatoms. The minimum atomic E-state index is -1.78. The molecule has 0 aliphatic rings. The molecule has 0 saturated heterocycles. The molecular weight excluding hydrogens is 340 g/mol. The topological polar surface area (TPSA) is 17.1 Å². The van der Waals surface area contributed by atoms with Crippen LogP contribution in [-0.4, -0.2) is 18.9 Å². The molecule has 1 atom stereocenters. The molecule has 0 N–H and O–H groups in total. The van der Waals surface area contributed by atoms with Crippen LogP contribution >= 0.6 is 11.8 Å². The Hall–Kier alpha value is -1.58. The third kappa shape index (κ3) is 5.45. The van der Waals surface area contributed by atoms with Gasteiger partial charge in [0.1, 0.15) is 0 Å². The van der Waals surface area contributed by atoms with Crippen LogP contribution in [0.25, 0.3) is 0 Å². The molecule has 2 aromatic carbocycles. The van der Waals surface area contributed by atoms with Crippen molar-refractivity contribution in [2.75, 3.05) is 5.75 Å². The minimum Gasteiger partial charge on any atom is -0.287 e. The number of carbonyl (C=O) groups excluding carboxylic acids is 1. The van der Waals surface area contributed by atoms with Crippen molar-refractivity contribution in [1.82, 2.24) is 0 Å². The van der Waals surface area contributed by atoms with Gasteiger partial charge in [-0.25, -0.2) is 0 Å². The Morgan fingerprint density at radius 2 is 1.60 bits per heavy atom. The summed E-state index contributed by atoms with van der Waals surface area (Å²) in [6.45, 7) is 8.97. The van der Waals surface area contributed by atoms with Crippen LogP contribution in [0.4, 0.5) is 0 Å². The van der Waals surface area contributed by atoms with E-state index in [1.807, 2.05) is 6.92 Å². The van der Waals surface area contributed by atoms with Crippen molar-refractivity contribution in [3.8, 4) is 0 Å². The molecule has 0 aromatic heterocycles. The van der Waals surface area contributed by atoms with Crippen molar-refractivity contribution in [3.05, 3.63) is 77.9 Å². The number of carbonyl (C=O) groups is 1. The predicted octanol–water partition coefficient (Wildman–Crippen LogP) is 5.54. The Kier molecular flexibility index (Phi) is 7.27. The molecule has 2 aromatic rings. The highest BCUT2D eigenvalue weighted by Crippen LogP contribution is 2.30. The van der Waals surface area contributed by atoms with Gasteiger partial charge in [-0.1, -0.05) is 109 Å². The van der Waals surface area contributed by atoms with E-state index in [1.54, 1.807) is 0 Å². The zero-order chi connectivity index (χ0) is 18.3. The van der Waals surface area contributed by atoms with Crippen molar-refractivity contribution in [2.24, 2.45) is 0 Å². The first-order valence-electron chi connectivity index (χ1n) is 8.88. The fourth-order valence-electron chi connectivity index (χ4n) is 3.21. The Bertz CT molecular complexity index is 707. The van der Waals surface area contributed by atoms with Crippen LogP contribution in [0.2, 0.25) is 13.1 Å². The summed E-state index contributed by atoms with van der Waals surface area (Å²) in [5, 5.41) is 1.71. The zero-order valence-electron chi connectivity index (χ0n) is 15.7. The lowest BCUT2D eigenvalue weighted by atomic mass is 10.1. The van der Waals surface area contributed by atoms with E-state index < -0.39 is 8.07 Å². The Balaban J connectivity index is 2.39. The maximum atomic E-state index is 12.0. The normalized spacial score (nSPS) is 13.5. The van der Waals surface area contributed by atoms with Crippen LogP contribution in [-0.2, 0) is 4.79 Å². The summed E-state index contributed by atoms with van der Waals surface area (Å²) in [6.07, 6.45) is 2.89. The van der Waals surface area contributed by atoms with Gasteiger partial charge in [-0.2, -0.15) is 0 Å². The molecule has 0 unspecified atom stereocenters. The molecule has 0 aliphatic heterocycles. The molecule has 2 rings (SSSR count). The highest BCUT2D eigenvalue weighted by atomic mass is 32.2. The molecule has 0 fully saturated rings. The van der Waals surface area contributed by atoms with Crippen molar-refractivity contribution in [3.63, 3.8) is 0 Å². The van der Waals surface area contributed by atoms with Gasteiger partial charge in [0.05, 0.1) is 8.07 Å². The largest absolute Gasteiger partial charge is 0.287 e. The second kappa shape index (κ2) is 9.21. The zero-order valence-corrected chi connectivity index (χ0v) is 17.5. The summed E-state index contributed by atoms with van der Waals surface area (Å²) < 4.78 is 0. The molecule has 25 heavy (non-hydrogen) atoms. The van der Waals surface area contributed by atoms with Gasteiger partial charge in [0, 0.05) is 12.0 Å². The lowest BCUT2D eigenvalue weighted by molar-refractivity contribution is -0.110. The van der Waals surface area contributed by atoms with Crippen molar-refractivity contribution in [1.29, 1.82) is 0 Å². The summed E-state index contributed by atoms with van der Waals surface area (Å²) in [7, 11) is -1.78.